The van der Waals surface area contributed by atoms with E-state index in [9.17, 15) is 9.59 Å². The first-order chi connectivity index (χ1) is 9.58. The van der Waals surface area contributed by atoms with Crippen LogP contribution in [0.1, 0.15) is 31.5 Å². The molecule has 0 amide bonds. The van der Waals surface area contributed by atoms with E-state index in [2.05, 4.69) is 16.0 Å². The van der Waals surface area contributed by atoms with Gasteiger partial charge >= 0.3 is 5.69 Å². The number of hydrogen-bond donors (Lipinski definition) is 1. The lowest BCUT2D eigenvalue weighted by molar-refractivity contribution is 0.683. The zero-order chi connectivity index (χ0) is 14.3. The van der Waals surface area contributed by atoms with E-state index in [1.165, 1.54) is 30.0 Å². The van der Waals surface area contributed by atoms with Gasteiger partial charge in [0.15, 0.2) is 5.65 Å². The molecule has 20 heavy (non-hydrogen) atoms. The highest BCUT2D eigenvalue weighted by Gasteiger charge is 2.14. The van der Waals surface area contributed by atoms with Crippen LogP contribution in [-0.2, 0) is 20.5 Å². The van der Waals surface area contributed by atoms with Crippen LogP contribution in [0.4, 0.5) is 0 Å². The number of nitrogens with zero attached hydrogens (tertiary/aromatic N) is 3. The summed E-state index contributed by atoms with van der Waals surface area (Å²) in [6.45, 7) is 0. The average molecular weight is 274 g/mol. The summed E-state index contributed by atoms with van der Waals surface area (Å²) in [7, 11) is 3.11. The maximum absolute atomic E-state index is 12.1. The van der Waals surface area contributed by atoms with E-state index in [0.29, 0.717) is 11.2 Å². The van der Waals surface area contributed by atoms with E-state index in [1.807, 2.05) is 0 Å². The highest BCUT2D eigenvalue weighted by atomic mass is 16.2. The third kappa shape index (κ3) is 2.01. The molecule has 0 saturated heterocycles. The summed E-state index contributed by atoms with van der Waals surface area (Å²) >= 11 is 0. The lowest BCUT2D eigenvalue weighted by Crippen LogP contribution is -2.36. The second-order valence-electron chi connectivity index (χ2n) is 5.37. The standard InChI is InChI=1S/C14H18N4O2/c1-17-12-11(13(19)18(2)14(17)20)15-10(16-12)8-9-6-4-3-5-7-9/h6H,3-5,7-8H2,1-2H3,(H,15,16). The monoisotopic (exact) mass is 274 g/mol. The molecule has 0 aromatic carbocycles. The summed E-state index contributed by atoms with van der Waals surface area (Å²) in [6.07, 6.45) is 7.66. The number of aromatic nitrogens is 4. The van der Waals surface area contributed by atoms with Gasteiger partial charge in [0.1, 0.15) is 11.3 Å². The first-order valence-electron chi connectivity index (χ1n) is 6.90. The fourth-order valence-electron chi connectivity index (χ4n) is 2.74. The third-order valence-electron chi connectivity index (χ3n) is 3.92. The van der Waals surface area contributed by atoms with Gasteiger partial charge in [0, 0.05) is 20.5 Å². The molecule has 1 N–H and O–H groups in total. The molecule has 0 atom stereocenters. The van der Waals surface area contributed by atoms with Gasteiger partial charge in [0.2, 0.25) is 0 Å². The second kappa shape index (κ2) is 4.77. The SMILES string of the molecule is Cn1c(=O)c2[nH]c(CC3=CCCCC3)nc2n(C)c1=O. The highest BCUT2D eigenvalue weighted by molar-refractivity contribution is 5.69. The van der Waals surface area contributed by atoms with E-state index in [0.717, 1.165) is 29.7 Å². The van der Waals surface area contributed by atoms with Crippen molar-refractivity contribution in [1.29, 1.82) is 0 Å². The van der Waals surface area contributed by atoms with Gasteiger partial charge in [-0.2, -0.15) is 0 Å². The van der Waals surface area contributed by atoms with Crippen LogP contribution < -0.4 is 11.2 Å². The third-order valence-corrected chi connectivity index (χ3v) is 3.92. The zero-order valence-corrected chi connectivity index (χ0v) is 11.8. The number of hydrogen-bond acceptors (Lipinski definition) is 3. The molecule has 6 nitrogen and oxygen atoms in total. The molecule has 0 bridgehead atoms. The van der Waals surface area contributed by atoms with Gasteiger partial charge < -0.3 is 4.98 Å². The molecule has 2 heterocycles. The Labute approximate surface area is 115 Å². The summed E-state index contributed by atoms with van der Waals surface area (Å²) in [6, 6.07) is 0. The quantitative estimate of drug-likeness (QED) is 0.830. The van der Waals surface area contributed by atoms with Crippen molar-refractivity contribution >= 4 is 11.2 Å². The number of aromatic amines is 1. The zero-order valence-electron chi connectivity index (χ0n) is 11.8. The van der Waals surface area contributed by atoms with Crippen LogP contribution >= 0.6 is 0 Å². The topological polar surface area (TPSA) is 72.7 Å². The molecule has 0 fully saturated rings. The van der Waals surface area contributed by atoms with Crippen molar-refractivity contribution in [2.45, 2.75) is 32.1 Å². The van der Waals surface area contributed by atoms with Crippen molar-refractivity contribution in [2.75, 3.05) is 0 Å². The molecule has 0 unspecified atom stereocenters. The Morgan fingerprint density at radius 1 is 1.25 bits per heavy atom. The number of fused-ring (bicyclic) bond motifs is 1. The van der Waals surface area contributed by atoms with Gasteiger partial charge in [0.25, 0.3) is 5.56 Å². The van der Waals surface area contributed by atoms with Crippen molar-refractivity contribution in [3.63, 3.8) is 0 Å². The minimum atomic E-state index is -0.350. The van der Waals surface area contributed by atoms with Gasteiger partial charge in [-0.05, 0) is 25.7 Å². The van der Waals surface area contributed by atoms with Crippen LogP contribution in [0.25, 0.3) is 11.2 Å². The van der Waals surface area contributed by atoms with Crippen molar-refractivity contribution < 1.29 is 0 Å². The molecular formula is C14H18N4O2. The summed E-state index contributed by atoms with van der Waals surface area (Å²) in [5, 5.41) is 0. The number of imidazole rings is 1. The van der Waals surface area contributed by atoms with Gasteiger partial charge in [-0.3, -0.25) is 13.9 Å². The van der Waals surface area contributed by atoms with Gasteiger partial charge in [-0.15, -0.1) is 0 Å². The second-order valence-corrected chi connectivity index (χ2v) is 5.37. The molecule has 1 aliphatic carbocycles. The van der Waals surface area contributed by atoms with Crippen molar-refractivity contribution in [1.82, 2.24) is 19.1 Å². The predicted octanol–water partition coefficient (Wildman–Crippen LogP) is 1.00. The van der Waals surface area contributed by atoms with Crippen LogP contribution in [0.15, 0.2) is 21.2 Å². The van der Waals surface area contributed by atoms with Crippen molar-refractivity contribution in [3.05, 3.63) is 38.3 Å². The normalized spacial score (nSPS) is 15.6. The molecule has 0 spiro atoms. The minimum absolute atomic E-state index is 0.320. The summed E-state index contributed by atoms with van der Waals surface area (Å²) in [5.41, 5.74) is 1.53. The Bertz CT molecular complexity index is 807. The lowest BCUT2D eigenvalue weighted by Gasteiger charge is -2.10. The summed E-state index contributed by atoms with van der Waals surface area (Å²) in [4.78, 5) is 31.4. The van der Waals surface area contributed by atoms with Crippen LogP contribution in [0, 0.1) is 0 Å². The molecular weight excluding hydrogens is 256 g/mol. The molecule has 2 aromatic rings. The van der Waals surface area contributed by atoms with E-state index in [4.69, 9.17) is 0 Å². The number of H-pyrrole nitrogens is 1. The van der Waals surface area contributed by atoms with E-state index < -0.39 is 0 Å². The van der Waals surface area contributed by atoms with Gasteiger partial charge in [-0.1, -0.05) is 11.6 Å². The van der Waals surface area contributed by atoms with Crippen molar-refractivity contribution in [2.24, 2.45) is 14.1 Å². The molecule has 0 aliphatic heterocycles. The smallest absolute Gasteiger partial charge is 0.332 e. The number of rotatable bonds is 2. The average Bonchev–Trinajstić information content (AvgIpc) is 2.88. The van der Waals surface area contributed by atoms with Crippen molar-refractivity contribution in [3.8, 4) is 0 Å². The minimum Gasteiger partial charge on any atom is -0.336 e. The summed E-state index contributed by atoms with van der Waals surface area (Å²) in [5.74, 6) is 0.756. The number of nitrogens with one attached hydrogen (secondary N) is 1. The summed E-state index contributed by atoms with van der Waals surface area (Å²) < 4.78 is 2.51. The first kappa shape index (κ1) is 12.9. The van der Waals surface area contributed by atoms with Gasteiger partial charge in [-0.25, -0.2) is 9.78 Å². The highest BCUT2D eigenvalue weighted by Crippen LogP contribution is 2.20. The molecule has 0 saturated carbocycles. The molecule has 6 heteroatoms. The Balaban J connectivity index is 2.09. The van der Waals surface area contributed by atoms with Crippen LogP contribution in [0.5, 0.6) is 0 Å². The fourth-order valence-corrected chi connectivity index (χ4v) is 2.74. The van der Waals surface area contributed by atoms with Crippen LogP contribution in [-0.4, -0.2) is 19.1 Å². The molecule has 2 aromatic heterocycles. The van der Waals surface area contributed by atoms with Gasteiger partial charge in [0.05, 0.1) is 0 Å². The number of allylic oxidation sites excluding steroid dienone is 2. The molecule has 1 aliphatic rings. The Morgan fingerprint density at radius 3 is 2.75 bits per heavy atom. The Kier molecular flexibility index (Phi) is 3.08. The van der Waals surface area contributed by atoms with E-state index in [1.54, 1.807) is 7.05 Å². The number of aryl methyl sites for hydroxylation is 1. The molecule has 0 radical (unpaired) electrons. The first-order valence-corrected chi connectivity index (χ1v) is 6.90. The maximum atomic E-state index is 12.1. The predicted molar refractivity (Wildman–Crippen MR) is 76.8 cm³/mol. The van der Waals surface area contributed by atoms with Crippen LogP contribution in [0.2, 0.25) is 0 Å². The molecule has 3 rings (SSSR count). The fraction of sp³-hybridized carbons (Fsp3) is 0.500. The van der Waals surface area contributed by atoms with Crippen LogP contribution in [0.3, 0.4) is 0 Å². The van der Waals surface area contributed by atoms with E-state index in [-0.39, 0.29) is 11.2 Å². The Morgan fingerprint density at radius 2 is 2.05 bits per heavy atom. The maximum Gasteiger partial charge on any atom is 0.332 e. The Hall–Kier alpha value is -2.11. The van der Waals surface area contributed by atoms with E-state index >= 15 is 0 Å². The molecule has 106 valence electrons. The largest absolute Gasteiger partial charge is 0.336 e. The lowest BCUT2D eigenvalue weighted by atomic mass is 9.97.